The van der Waals surface area contributed by atoms with Gasteiger partial charge >= 0.3 is 5.97 Å². The highest BCUT2D eigenvalue weighted by Gasteiger charge is 2.29. The van der Waals surface area contributed by atoms with Crippen LogP contribution in [0.15, 0.2) is 82.8 Å². The Labute approximate surface area is 215 Å². The number of benzene rings is 3. The van der Waals surface area contributed by atoms with Crippen molar-refractivity contribution >= 4 is 33.8 Å². The lowest BCUT2D eigenvalue weighted by Gasteiger charge is -2.25. The number of carbonyl (C=O) groups is 2. The molecule has 0 spiro atoms. The molecule has 194 valence electrons. The molecular formula is C26H27N3O7S. The van der Waals surface area contributed by atoms with Crippen molar-refractivity contribution in [2.24, 2.45) is 5.10 Å². The molecule has 0 aliphatic carbocycles. The summed E-state index contributed by atoms with van der Waals surface area (Å²) in [5.74, 6) is -0.403. The van der Waals surface area contributed by atoms with Crippen LogP contribution in [0, 0.1) is 6.92 Å². The Hall–Kier alpha value is -4.38. The third-order valence-corrected chi connectivity index (χ3v) is 6.89. The van der Waals surface area contributed by atoms with E-state index in [4.69, 9.17) is 9.47 Å². The molecule has 0 heterocycles. The van der Waals surface area contributed by atoms with Gasteiger partial charge in [-0.25, -0.2) is 18.6 Å². The summed E-state index contributed by atoms with van der Waals surface area (Å²) in [5.41, 5.74) is 4.11. The summed E-state index contributed by atoms with van der Waals surface area (Å²) in [6.07, 6.45) is 1.39. The predicted molar refractivity (Wildman–Crippen MR) is 138 cm³/mol. The monoisotopic (exact) mass is 525 g/mol. The van der Waals surface area contributed by atoms with Gasteiger partial charge in [-0.3, -0.25) is 9.10 Å². The van der Waals surface area contributed by atoms with E-state index >= 15 is 0 Å². The Kier molecular flexibility index (Phi) is 9.22. The van der Waals surface area contributed by atoms with Gasteiger partial charge < -0.3 is 14.2 Å². The summed E-state index contributed by atoms with van der Waals surface area (Å²) in [7, 11) is -1.41. The number of amides is 1. The van der Waals surface area contributed by atoms with E-state index in [1.807, 2.05) is 6.92 Å². The van der Waals surface area contributed by atoms with E-state index in [0.717, 1.165) is 9.87 Å². The van der Waals surface area contributed by atoms with Crippen LogP contribution < -0.4 is 19.2 Å². The molecule has 0 saturated heterocycles. The molecule has 10 nitrogen and oxygen atoms in total. The van der Waals surface area contributed by atoms with Crippen molar-refractivity contribution in [2.45, 2.75) is 11.8 Å². The Bertz CT molecular complexity index is 1360. The van der Waals surface area contributed by atoms with Gasteiger partial charge in [-0.2, -0.15) is 5.10 Å². The number of aryl methyl sites for hydroxylation is 1. The molecule has 11 heteroatoms. The molecule has 3 aromatic rings. The predicted octanol–water partition coefficient (Wildman–Crippen LogP) is 2.90. The van der Waals surface area contributed by atoms with Gasteiger partial charge in [0.15, 0.2) is 6.61 Å². The zero-order valence-corrected chi connectivity index (χ0v) is 21.4. The summed E-state index contributed by atoms with van der Waals surface area (Å²) in [6, 6.07) is 19.5. The summed E-state index contributed by atoms with van der Waals surface area (Å²) in [5, 5.41) is 3.92. The molecule has 0 saturated carbocycles. The van der Waals surface area contributed by atoms with Crippen LogP contribution in [-0.4, -0.2) is 53.9 Å². The smallest absolute Gasteiger partial charge is 0.343 e. The Morgan fingerprint density at radius 2 is 1.65 bits per heavy atom. The Morgan fingerprint density at radius 1 is 0.973 bits per heavy atom. The Morgan fingerprint density at radius 3 is 2.30 bits per heavy atom. The average Bonchev–Trinajstić information content (AvgIpc) is 2.91. The lowest BCUT2D eigenvalue weighted by molar-refractivity contribution is -0.142. The second-order valence-corrected chi connectivity index (χ2v) is 9.59. The number of nitrogens with zero attached hydrogens (tertiary/aromatic N) is 2. The first kappa shape index (κ1) is 27.2. The van der Waals surface area contributed by atoms with E-state index in [0.29, 0.717) is 17.1 Å². The molecular weight excluding hydrogens is 498 g/mol. The van der Waals surface area contributed by atoms with Gasteiger partial charge in [0.05, 0.1) is 31.0 Å². The minimum Gasteiger partial charge on any atom is -0.495 e. The first-order valence-corrected chi connectivity index (χ1v) is 12.5. The van der Waals surface area contributed by atoms with Crippen LogP contribution in [0.3, 0.4) is 0 Å². The van der Waals surface area contributed by atoms with Crippen LogP contribution in [0.4, 0.5) is 5.69 Å². The third-order valence-electron chi connectivity index (χ3n) is 5.12. The van der Waals surface area contributed by atoms with Gasteiger partial charge in [0.2, 0.25) is 0 Å². The summed E-state index contributed by atoms with van der Waals surface area (Å²) in [6.45, 7) is 1.10. The number of sulfonamides is 1. The highest BCUT2D eigenvalue weighted by Crippen LogP contribution is 2.32. The number of hydrogen-bond acceptors (Lipinski definition) is 8. The maximum Gasteiger partial charge on any atom is 0.343 e. The normalized spacial score (nSPS) is 11.1. The molecule has 0 bridgehead atoms. The van der Waals surface area contributed by atoms with Crippen molar-refractivity contribution in [3.05, 3.63) is 83.9 Å². The number of anilines is 1. The standard InChI is InChI=1S/C26H27N3O7S/c1-19-8-14-22(15-9-19)37(32,33)29(23-6-4-5-7-24(23)34-2)17-25(30)28-27-16-20-10-12-21(13-11-20)36-18-26(31)35-3/h4-16H,17-18H2,1-3H3,(H,28,30)/b27-16-. The molecule has 1 amide bonds. The lowest BCUT2D eigenvalue weighted by Crippen LogP contribution is -2.39. The zero-order valence-electron chi connectivity index (χ0n) is 20.6. The van der Waals surface area contributed by atoms with Crippen molar-refractivity contribution in [1.82, 2.24) is 5.43 Å². The van der Waals surface area contributed by atoms with E-state index in [9.17, 15) is 18.0 Å². The molecule has 37 heavy (non-hydrogen) atoms. The molecule has 0 atom stereocenters. The largest absolute Gasteiger partial charge is 0.495 e. The van der Waals surface area contributed by atoms with Gasteiger partial charge in [-0.1, -0.05) is 29.8 Å². The molecule has 3 aromatic carbocycles. The fourth-order valence-electron chi connectivity index (χ4n) is 3.17. The van der Waals surface area contributed by atoms with Gasteiger partial charge in [-0.15, -0.1) is 0 Å². The number of hydrogen-bond donors (Lipinski definition) is 1. The van der Waals surface area contributed by atoms with Gasteiger partial charge in [0, 0.05) is 0 Å². The van der Waals surface area contributed by atoms with E-state index < -0.39 is 28.4 Å². The maximum absolute atomic E-state index is 13.5. The maximum atomic E-state index is 13.5. The highest BCUT2D eigenvalue weighted by atomic mass is 32.2. The van der Waals surface area contributed by atoms with Crippen LogP contribution in [0.2, 0.25) is 0 Å². The zero-order chi connectivity index (χ0) is 26.8. The third kappa shape index (κ3) is 7.31. The number of esters is 1. The van der Waals surface area contributed by atoms with Crippen LogP contribution in [-0.2, 0) is 24.3 Å². The van der Waals surface area contributed by atoms with Crippen molar-refractivity contribution in [2.75, 3.05) is 31.7 Å². The summed E-state index contributed by atoms with van der Waals surface area (Å²) in [4.78, 5) is 23.9. The van der Waals surface area contributed by atoms with E-state index in [2.05, 4.69) is 15.3 Å². The number of para-hydroxylation sites is 2. The molecule has 3 rings (SSSR count). The van der Waals surface area contributed by atoms with E-state index in [1.54, 1.807) is 60.7 Å². The van der Waals surface area contributed by atoms with Gasteiger partial charge in [0.25, 0.3) is 15.9 Å². The molecule has 0 radical (unpaired) electrons. The number of carbonyl (C=O) groups excluding carboxylic acids is 2. The Balaban J connectivity index is 1.75. The lowest BCUT2D eigenvalue weighted by atomic mass is 10.2. The number of rotatable bonds is 11. The van der Waals surface area contributed by atoms with Crippen molar-refractivity contribution in [1.29, 1.82) is 0 Å². The van der Waals surface area contributed by atoms with Crippen LogP contribution >= 0.6 is 0 Å². The molecule has 0 aliphatic heterocycles. The first-order valence-electron chi connectivity index (χ1n) is 11.1. The molecule has 0 fully saturated rings. The number of ether oxygens (including phenoxy) is 3. The van der Waals surface area contributed by atoms with Crippen molar-refractivity contribution in [3.63, 3.8) is 0 Å². The van der Waals surface area contributed by atoms with E-state index in [-0.39, 0.29) is 17.2 Å². The first-order chi connectivity index (χ1) is 17.7. The number of hydrazone groups is 1. The fourth-order valence-corrected chi connectivity index (χ4v) is 4.60. The van der Waals surface area contributed by atoms with Gasteiger partial charge in [-0.05, 0) is 61.0 Å². The number of nitrogens with one attached hydrogen (secondary N) is 1. The summed E-state index contributed by atoms with van der Waals surface area (Å²) < 4.78 is 43.1. The molecule has 0 aliphatic rings. The summed E-state index contributed by atoms with van der Waals surface area (Å²) >= 11 is 0. The SMILES string of the molecule is COC(=O)COc1ccc(/C=N\NC(=O)CN(c2ccccc2OC)S(=O)(=O)c2ccc(C)cc2)cc1. The highest BCUT2D eigenvalue weighted by molar-refractivity contribution is 7.92. The molecule has 1 N–H and O–H groups in total. The second-order valence-electron chi connectivity index (χ2n) is 7.72. The van der Waals surface area contributed by atoms with Crippen molar-refractivity contribution in [3.8, 4) is 11.5 Å². The molecule has 0 unspecified atom stereocenters. The fraction of sp³-hybridized carbons (Fsp3) is 0.192. The van der Waals surface area contributed by atoms with Crippen LogP contribution in [0.5, 0.6) is 11.5 Å². The molecule has 0 aromatic heterocycles. The minimum atomic E-state index is -4.10. The average molecular weight is 526 g/mol. The second kappa shape index (κ2) is 12.5. The van der Waals surface area contributed by atoms with Gasteiger partial charge in [0.1, 0.15) is 18.0 Å². The minimum absolute atomic E-state index is 0.0369. The van der Waals surface area contributed by atoms with Crippen LogP contribution in [0.1, 0.15) is 11.1 Å². The van der Waals surface area contributed by atoms with Crippen LogP contribution in [0.25, 0.3) is 0 Å². The van der Waals surface area contributed by atoms with E-state index in [1.165, 1.54) is 32.6 Å². The quantitative estimate of drug-likeness (QED) is 0.232. The van der Waals surface area contributed by atoms with Crippen molar-refractivity contribution < 1.29 is 32.2 Å². The number of methoxy groups -OCH3 is 2. The topological polar surface area (TPSA) is 124 Å².